The minimum atomic E-state index is -0.732. The summed E-state index contributed by atoms with van der Waals surface area (Å²) < 4.78 is 32.8. The van der Waals surface area contributed by atoms with Gasteiger partial charge in [-0.25, -0.2) is 23.7 Å². The van der Waals surface area contributed by atoms with Gasteiger partial charge in [-0.1, -0.05) is 12.1 Å². The fourth-order valence-corrected chi connectivity index (χ4v) is 3.93. The van der Waals surface area contributed by atoms with Crippen molar-refractivity contribution in [2.24, 2.45) is 0 Å². The molecule has 9 heteroatoms. The van der Waals surface area contributed by atoms with Crippen molar-refractivity contribution in [3.8, 4) is 11.3 Å². The summed E-state index contributed by atoms with van der Waals surface area (Å²) in [6.45, 7) is 1.29. The van der Waals surface area contributed by atoms with E-state index in [2.05, 4.69) is 4.98 Å². The van der Waals surface area contributed by atoms with Gasteiger partial charge in [0.2, 0.25) is 5.91 Å². The summed E-state index contributed by atoms with van der Waals surface area (Å²) in [5.41, 5.74) is 1.62. The Kier molecular flexibility index (Phi) is 5.45. The molecule has 168 valence electrons. The summed E-state index contributed by atoms with van der Waals surface area (Å²) in [7, 11) is 1.94. The number of carbonyl (C=O) groups is 1. The van der Waals surface area contributed by atoms with Crippen LogP contribution in [0.4, 0.5) is 20.4 Å². The van der Waals surface area contributed by atoms with E-state index in [1.807, 2.05) is 36.2 Å². The smallest absolute Gasteiger partial charge is 0.228 e. The number of nitrogens with zero attached hydrogens (tertiary/aromatic N) is 5. The van der Waals surface area contributed by atoms with Crippen molar-refractivity contribution in [3.05, 3.63) is 66.2 Å². The summed E-state index contributed by atoms with van der Waals surface area (Å²) in [5.74, 6) is 0.187. The van der Waals surface area contributed by atoms with E-state index in [1.54, 1.807) is 4.90 Å². The molecule has 0 unspecified atom stereocenters. The van der Waals surface area contributed by atoms with Crippen molar-refractivity contribution < 1.29 is 18.0 Å². The van der Waals surface area contributed by atoms with E-state index < -0.39 is 11.6 Å². The van der Waals surface area contributed by atoms with Crippen LogP contribution >= 0.6 is 0 Å². The third-order valence-corrected chi connectivity index (χ3v) is 5.63. The van der Waals surface area contributed by atoms with Gasteiger partial charge in [0.05, 0.1) is 22.8 Å². The molecular weight excluding hydrogens is 428 g/mol. The van der Waals surface area contributed by atoms with E-state index in [0.717, 1.165) is 36.1 Å². The normalized spacial score (nSPS) is 13.8. The van der Waals surface area contributed by atoms with E-state index in [9.17, 15) is 13.6 Å². The minimum Gasteiger partial charge on any atom is -0.441 e. The number of aromatic nitrogens is 3. The number of aryl methyl sites for hydroxylation is 1. The van der Waals surface area contributed by atoms with Crippen LogP contribution < -0.4 is 9.80 Å². The van der Waals surface area contributed by atoms with E-state index >= 15 is 0 Å². The Morgan fingerprint density at radius 3 is 2.58 bits per heavy atom. The molecule has 2 aromatic heterocycles. The molecule has 1 amide bonds. The van der Waals surface area contributed by atoms with Crippen molar-refractivity contribution in [1.29, 1.82) is 0 Å². The van der Waals surface area contributed by atoms with E-state index in [0.29, 0.717) is 24.1 Å². The van der Waals surface area contributed by atoms with Gasteiger partial charge in [0.25, 0.3) is 0 Å². The molecule has 3 heterocycles. The number of fused-ring (bicyclic) bond motifs is 2. The first kappa shape index (κ1) is 21.0. The Hall–Kier alpha value is -3.88. The second-order valence-electron chi connectivity index (χ2n) is 7.92. The number of anilines is 2. The van der Waals surface area contributed by atoms with Crippen LogP contribution in [-0.2, 0) is 11.2 Å². The molecule has 2 aromatic carbocycles. The molecule has 0 bridgehead atoms. The molecular formula is C24H21F2N5O2. The molecule has 7 nitrogen and oxygen atoms in total. The predicted molar refractivity (Wildman–Crippen MR) is 120 cm³/mol. The first-order chi connectivity index (χ1) is 16.0. The molecule has 0 saturated carbocycles. The molecule has 0 saturated heterocycles. The summed E-state index contributed by atoms with van der Waals surface area (Å²) in [6.07, 6.45) is 2.54. The van der Waals surface area contributed by atoms with Gasteiger partial charge in [0, 0.05) is 39.0 Å². The highest BCUT2D eigenvalue weighted by atomic mass is 19.1. The SMILES string of the molecule is CN1CCCN(C(=O)CCc2ncc(-c3ccc(F)cc3F)o2)c2nc3ccccc3nc21. The van der Waals surface area contributed by atoms with Gasteiger partial charge >= 0.3 is 0 Å². The van der Waals surface area contributed by atoms with Gasteiger partial charge in [-0.2, -0.15) is 0 Å². The zero-order valence-corrected chi connectivity index (χ0v) is 18.0. The summed E-state index contributed by atoms with van der Waals surface area (Å²) >= 11 is 0. The summed E-state index contributed by atoms with van der Waals surface area (Å²) in [5, 5.41) is 0. The molecule has 5 rings (SSSR count). The monoisotopic (exact) mass is 449 g/mol. The van der Waals surface area contributed by atoms with E-state index in [4.69, 9.17) is 14.4 Å². The average Bonchev–Trinajstić information content (AvgIpc) is 3.21. The lowest BCUT2D eigenvalue weighted by Crippen LogP contribution is -2.32. The van der Waals surface area contributed by atoms with Crippen LogP contribution in [0.1, 0.15) is 18.7 Å². The first-order valence-corrected chi connectivity index (χ1v) is 10.7. The number of oxazole rings is 1. The fraction of sp³-hybridized carbons (Fsp3) is 0.250. The molecule has 1 aliphatic rings. The quantitative estimate of drug-likeness (QED) is 0.461. The molecule has 0 N–H and O–H groups in total. The Morgan fingerprint density at radius 2 is 1.82 bits per heavy atom. The second-order valence-corrected chi connectivity index (χ2v) is 7.92. The lowest BCUT2D eigenvalue weighted by Gasteiger charge is -2.22. The summed E-state index contributed by atoms with van der Waals surface area (Å²) in [4.78, 5) is 30.5. The lowest BCUT2D eigenvalue weighted by atomic mass is 10.2. The van der Waals surface area contributed by atoms with Crippen molar-refractivity contribution >= 4 is 28.6 Å². The lowest BCUT2D eigenvalue weighted by molar-refractivity contribution is -0.118. The highest BCUT2D eigenvalue weighted by molar-refractivity contribution is 5.96. The molecule has 0 atom stereocenters. The van der Waals surface area contributed by atoms with Gasteiger partial charge in [0.15, 0.2) is 23.3 Å². The van der Waals surface area contributed by atoms with Crippen molar-refractivity contribution in [1.82, 2.24) is 15.0 Å². The Bertz CT molecular complexity index is 1340. The number of hydrogen-bond acceptors (Lipinski definition) is 6. The number of carbonyl (C=O) groups excluding carboxylic acids is 1. The molecule has 1 aliphatic heterocycles. The number of hydrogen-bond donors (Lipinski definition) is 0. The maximum Gasteiger partial charge on any atom is 0.228 e. The predicted octanol–water partition coefficient (Wildman–Crippen LogP) is 4.37. The topological polar surface area (TPSA) is 75.4 Å². The van der Waals surface area contributed by atoms with Gasteiger partial charge in [-0.3, -0.25) is 9.69 Å². The minimum absolute atomic E-state index is 0.119. The van der Waals surface area contributed by atoms with Gasteiger partial charge in [-0.05, 0) is 30.7 Å². The number of halogens is 2. The highest BCUT2D eigenvalue weighted by Crippen LogP contribution is 2.31. The molecule has 0 radical (unpaired) electrons. The molecule has 0 fully saturated rings. The number of benzene rings is 2. The number of para-hydroxylation sites is 2. The van der Waals surface area contributed by atoms with Crippen LogP contribution in [-0.4, -0.2) is 41.0 Å². The van der Waals surface area contributed by atoms with E-state index in [1.165, 1.54) is 12.3 Å². The van der Waals surface area contributed by atoms with Crippen LogP contribution in [0.3, 0.4) is 0 Å². The maximum absolute atomic E-state index is 14.0. The fourth-order valence-electron chi connectivity index (χ4n) is 3.93. The standard InChI is InChI=1S/C24H21F2N5O2/c1-30-11-4-12-31(24-23(30)28-18-5-2-3-6-19(18)29-24)22(32)10-9-21-27-14-20(33-21)16-8-7-15(25)13-17(16)26/h2-3,5-8,13-14H,4,9-12H2,1H3. The Labute approximate surface area is 188 Å². The van der Waals surface area contributed by atoms with Crippen LogP contribution in [0.5, 0.6) is 0 Å². The van der Waals surface area contributed by atoms with E-state index in [-0.39, 0.29) is 30.1 Å². The molecule has 0 aliphatic carbocycles. The second kappa shape index (κ2) is 8.57. The zero-order valence-electron chi connectivity index (χ0n) is 18.0. The first-order valence-electron chi connectivity index (χ1n) is 10.7. The third-order valence-electron chi connectivity index (χ3n) is 5.63. The molecule has 33 heavy (non-hydrogen) atoms. The highest BCUT2D eigenvalue weighted by Gasteiger charge is 2.27. The molecule has 4 aromatic rings. The Balaban J connectivity index is 1.36. The van der Waals surface area contributed by atoms with Crippen molar-refractivity contribution in [2.45, 2.75) is 19.3 Å². The molecule has 0 spiro atoms. The van der Waals surface area contributed by atoms with Crippen LogP contribution in [0, 0.1) is 11.6 Å². The third kappa shape index (κ3) is 4.13. The number of amides is 1. The van der Waals surface area contributed by atoms with Crippen LogP contribution in [0.15, 0.2) is 53.1 Å². The van der Waals surface area contributed by atoms with Crippen molar-refractivity contribution in [2.75, 3.05) is 29.9 Å². The van der Waals surface area contributed by atoms with Gasteiger partial charge in [-0.15, -0.1) is 0 Å². The number of rotatable bonds is 4. The zero-order chi connectivity index (χ0) is 22.9. The summed E-state index contributed by atoms with van der Waals surface area (Å²) in [6, 6.07) is 10.8. The van der Waals surface area contributed by atoms with Gasteiger partial charge < -0.3 is 9.32 Å². The maximum atomic E-state index is 14.0. The van der Waals surface area contributed by atoms with Crippen LogP contribution in [0.25, 0.3) is 22.4 Å². The van der Waals surface area contributed by atoms with Crippen LogP contribution in [0.2, 0.25) is 0 Å². The van der Waals surface area contributed by atoms with Gasteiger partial charge in [0.1, 0.15) is 11.6 Å². The van der Waals surface area contributed by atoms with Crippen molar-refractivity contribution in [3.63, 3.8) is 0 Å². The average molecular weight is 449 g/mol. The Morgan fingerprint density at radius 1 is 1.06 bits per heavy atom. The largest absolute Gasteiger partial charge is 0.441 e.